The Bertz CT molecular complexity index is 1090. The molecule has 2 unspecified atom stereocenters. The summed E-state index contributed by atoms with van der Waals surface area (Å²) in [7, 11) is 1.31. The molecule has 7 heteroatoms. The fourth-order valence-electron chi connectivity index (χ4n) is 4.89. The second kappa shape index (κ2) is 10.8. The molecule has 2 amide bonds. The number of carbonyl (C=O) groups is 3. The highest BCUT2D eigenvalue weighted by Crippen LogP contribution is 2.42. The Morgan fingerprint density at radius 2 is 1.77 bits per heavy atom. The molecular formula is C28H35ClN2O4. The van der Waals surface area contributed by atoms with Crippen molar-refractivity contribution in [2.45, 2.75) is 53.0 Å². The molecule has 0 saturated carbocycles. The van der Waals surface area contributed by atoms with Crippen molar-refractivity contribution in [2.24, 2.45) is 11.3 Å². The van der Waals surface area contributed by atoms with Crippen molar-refractivity contribution in [3.05, 3.63) is 69.7 Å². The highest BCUT2D eigenvalue weighted by atomic mass is 35.5. The molecule has 35 heavy (non-hydrogen) atoms. The van der Waals surface area contributed by atoms with Gasteiger partial charge in [0.25, 0.3) is 5.91 Å². The average molecular weight is 499 g/mol. The summed E-state index contributed by atoms with van der Waals surface area (Å²) in [5.41, 5.74) is 2.45. The van der Waals surface area contributed by atoms with Crippen molar-refractivity contribution in [1.82, 2.24) is 10.2 Å². The van der Waals surface area contributed by atoms with Crippen molar-refractivity contribution in [3.8, 4) is 0 Å². The number of benzene rings is 2. The zero-order valence-electron chi connectivity index (χ0n) is 21.4. The fraction of sp³-hybridized carbons (Fsp3) is 0.464. The van der Waals surface area contributed by atoms with E-state index in [2.05, 4.69) is 31.3 Å². The second-order valence-corrected chi connectivity index (χ2v) is 10.8. The normalized spacial score (nSPS) is 18.2. The summed E-state index contributed by atoms with van der Waals surface area (Å²) in [5.74, 6) is -0.775. The quantitative estimate of drug-likeness (QED) is 0.553. The van der Waals surface area contributed by atoms with E-state index in [-0.39, 0.29) is 17.2 Å². The topological polar surface area (TPSA) is 75.7 Å². The highest BCUT2D eigenvalue weighted by Gasteiger charge is 2.40. The molecule has 0 spiro atoms. The Morgan fingerprint density at radius 1 is 1.11 bits per heavy atom. The SMILES string of the molecule is COC(=O)c1cc(C(=O)NC(C(=O)N2CCC(c3ccc(Cl)cc3)C(C)(C)C2)C(C)C)ccc1C. The summed E-state index contributed by atoms with van der Waals surface area (Å²) in [6.45, 7) is 11.2. The monoisotopic (exact) mass is 498 g/mol. The number of esters is 1. The molecule has 1 N–H and O–H groups in total. The van der Waals surface area contributed by atoms with Crippen molar-refractivity contribution in [3.63, 3.8) is 0 Å². The number of halogens is 1. The van der Waals surface area contributed by atoms with Crippen LogP contribution in [0.4, 0.5) is 0 Å². The average Bonchev–Trinajstić information content (AvgIpc) is 2.81. The summed E-state index contributed by atoms with van der Waals surface area (Å²) in [4.78, 5) is 40.6. The molecule has 1 saturated heterocycles. The van der Waals surface area contributed by atoms with E-state index in [0.29, 0.717) is 35.2 Å². The van der Waals surface area contributed by atoms with Gasteiger partial charge in [0, 0.05) is 23.7 Å². The van der Waals surface area contributed by atoms with E-state index in [0.717, 1.165) is 12.0 Å². The fourth-order valence-corrected chi connectivity index (χ4v) is 5.01. The Morgan fingerprint density at radius 3 is 2.34 bits per heavy atom. The Kier molecular flexibility index (Phi) is 8.26. The Hall–Kier alpha value is -2.86. The molecule has 2 aromatic carbocycles. The molecule has 0 aromatic heterocycles. The Balaban J connectivity index is 1.75. The molecular weight excluding hydrogens is 464 g/mol. The van der Waals surface area contributed by atoms with Crippen LogP contribution in [-0.2, 0) is 9.53 Å². The maximum atomic E-state index is 13.6. The van der Waals surface area contributed by atoms with Crippen LogP contribution in [0.5, 0.6) is 0 Å². The van der Waals surface area contributed by atoms with Crippen LogP contribution in [-0.4, -0.2) is 48.9 Å². The zero-order chi connectivity index (χ0) is 25.9. The molecule has 1 heterocycles. The van der Waals surface area contributed by atoms with Crippen LogP contribution >= 0.6 is 11.6 Å². The van der Waals surface area contributed by atoms with Gasteiger partial charge in [0.2, 0.25) is 5.91 Å². The number of nitrogens with zero attached hydrogens (tertiary/aromatic N) is 1. The summed E-state index contributed by atoms with van der Waals surface area (Å²) >= 11 is 6.07. The van der Waals surface area contributed by atoms with Crippen LogP contribution in [0.15, 0.2) is 42.5 Å². The number of hydrogen-bond donors (Lipinski definition) is 1. The third-order valence-corrected chi connectivity index (χ3v) is 7.19. The van der Waals surface area contributed by atoms with Gasteiger partial charge in [-0.25, -0.2) is 4.79 Å². The van der Waals surface area contributed by atoms with Gasteiger partial charge in [-0.2, -0.15) is 0 Å². The molecule has 2 aromatic rings. The zero-order valence-corrected chi connectivity index (χ0v) is 22.1. The maximum Gasteiger partial charge on any atom is 0.338 e. The standard InChI is InChI=1S/C28H35ClN2O4/c1-17(2)24(30-25(32)20-8-7-18(3)22(15-20)27(34)35-6)26(33)31-14-13-23(28(4,5)16-31)19-9-11-21(29)12-10-19/h7-12,15,17,23-24H,13-14,16H2,1-6H3,(H,30,32). The Labute approximate surface area is 213 Å². The van der Waals surface area contributed by atoms with Gasteiger partial charge >= 0.3 is 5.97 Å². The first-order valence-electron chi connectivity index (χ1n) is 12.0. The number of carbonyl (C=O) groups excluding carboxylic acids is 3. The van der Waals surface area contributed by atoms with E-state index in [4.69, 9.17) is 16.3 Å². The van der Waals surface area contributed by atoms with Crippen LogP contribution in [0.1, 0.15) is 71.9 Å². The van der Waals surface area contributed by atoms with Gasteiger partial charge < -0.3 is 15.0 Å². The summed E-state index contributed by atoms with van der Waals surface area (Å²) in [5, 5.41) is 3.62. The highest BCUT2D eigenvalue weighted by molar-refractivity contribution is 6.30. The molecule has 188 valence electrons. The number of piperidine rings is 1. The second-order valence-electron chi connectivity index (χ2n) is 10.4. The van der Waals surface area contributed by atoms with Gasteiger partial charge in [0.05, 0.1) is 12.7 Å². The van der Waals surface area contributed by atoms with Crippen LogP contribution in [0, 0.1) is 18.3 Å². The van der Waals surface area contributed by atoms with Crippen molar-refractivity contribution >= 4 is 29.4 Å². The molecule has 1 aliphatic rings. The van der Waals surface area contributed by atoms with E-state index in [9.17, 15) is 14.4 Å². The number of hydrogen-bond acceptors (Lipinski definition) is 4. The molecule has 1 fully saturated rings. The van der Waals surface area contributed by atoms with Gasteiger partial charge in [-0.3, -0.25) is 9.59 Å². The van der Waals surface area contributed by atoms with E-state index in [1.165, 1.54) is 18.7 Å². The van der Waals surface area contributed by atoms with Gasteiger partial charge in [0.15, 0.2) is 0 Å². The first kappa shape index (κ1) is 26.7. The predicted octanol–water partition coefficient (Wildman–Crippen LogP) is 5.23. The number of nitrogens with one attached hydrogen (secondary N) is 1. The number of aryl methyl sites for hydroxylation is 1. The van der Waals surface area contributed by atoms with Crippen LogP contribution < -0.4 is 5.32 Å². The lowest BCUT2D eigenvalue weighted by atomic mass is 9.70. The van der Waals surface area contributed by atoms with Crippen molar-refractivity contribution in [2.75, 3.05) is 20.2 Å². The van der Waals surface area contributed by atoms with Gasteiger partial charge in [0.1, 0.15) is 6.04 Å². The van der Waals surface area contributed by atoms with Crippen molar-refractivity contribution < 1.29 is 19.1 Å². The third kappa shape index (κ3) is 6.04. The molecule has 0 radical (unpaired) electrons. The smallest absolute Gasteiger partial charge is 0.338 e. The minimum atomic E-state index is -0.673. The molecule has 0 aliphatic carbocycles. The number of methoxy groups -OCH3 is 1. The van der Waals surface area contributed by atoms with Gasteiger partial charge in [-0.05, 0) is 66.0 Å². The summed E-state index contributed by atoms with van der Waals surface area (Å²) in [6, 6.07) is 12.1. The van der Waals surface area contributed by atoms with E-state index in [1.54, 1.807) is 19.1 Å². The lowest BCUT2D eigenvalue weighted by Gasteiger charge is -2.45. The maximum absolute atomic E-state index is 13.6. The van der Waals surface area contributed by atoms with Gasteiger partial charge in [-0.15, -0.1) is 0 Å². The van der Waals surface area contributed by atoms with E-state index >= 15 is 0 Å². The number of rotatable bonds is 6. The molecule has 3 rings (SSSR count). The molecule has 2 atom stereocenters. The lowest BCUT2D eigenvalue weighted by molar-refractivity contribution is -0.137. The number of likely N-dealkylation sites (tertiary alicyclic amines) is 1. The third-order valence-electron chi connectivity index (χ3n) is 6.94. The molecule has 0 bridgehead atoms. The summed E-state index contributed by atoms with van der Waals surface area (Å²) < 4.78 is 4.82. The van der Waals surface area contributed by atoms with Crippen LogP contribution in [0.25, 0.3) is 0 Å². The van der Waals surface area contributed by atoms with E-state index < -0.39 is 17.9 Å². The molecule has 1 aliphatic heterocycles. The van der Waals surface area contributed by atoms with Crippen LogP contribution in [0.3, 0.4) is 0 Å². The number of amides is 2. The predicted molar refractivity (Wildman–Crippen MR) is 138 cm³/mol. The molecule has 6 nitrogen and oxygen atoms in total. The van der Waals surface area contributed by atoms with E-state index in [1.807, 2.05) is 30.9 Å². The first-order valence-corrected chi connectivity index (χ1v) is 12.4. The lowest BCUT2D eigenvalue weighted by Crippen LogP contribution is -2.55. The largest absolute Gasteiger partial charge is 0.465 e. The number of ether oxygens (including phenoxy) is 1. The first-order chi connectivity index (χ1) is 16.4. The van der Waals surface area contributed by atoms with Crippen molar-refractivity contribution in [1.29, 1.82) is 0 Å². The summed E-state index contributed by atoms with van der Waals surface area (Å²) in [6.07, 6.45) is 0.833. The van der Waals surface area contributed by atoms with Gasteiger partial charge in [-0.1, -0.05) is 57.5 Å². The van der Waals surface area contributed by atoms with Crippen LogP contribution in [0.2, 0.25) is 5.02 Å². The minimum Gasteiger partial charge on any atom is -0.465 e. The minimum absolute atomic E-state index is 0.0868.